The molecule has 39 heavy (non-hydrogen) atoms. The summed E-state index contributed by atoms with van der Waals surface area (Å²) >= 11 is 0. The summed E-state index contributed by atoms with van der Waals surface area (Å²) in [4.78, 5) is 0.160. The molecule has 0 aliphatic heterocycles. The third kappa shape index (κ3) is 5.50. The molecule has 5 rings (SSSR count). The van der Waals surface area contributed by atoms with E-state index in [1.54, 1.807) is 43.3 Å². The van der Waals surface area contributed by atoms with Crippen molar-refractivity contribution in [2.75, 3.05) is 14.2 Å². The van der Waals surface area contributed by atoms with E-state index < -0.39 is 10.0 Å². The van der Waals surface area contributed by atoms with Gasteiger partial charge in [-0.3, -0.25) is 0 Å². The minimum absolute atomic E-state index is 0.153. The van der Waals surface area contributed by atoms with Gasteiger partial charge in [0.15, 0.2) is 0 Å². The number of nitrogens with zero attached hydrogens (tertiary/aromatic N) is 3. The Bertz CT molecular complexity index is 1650. The predicted octanol–water partition coefficient (Wildman–Crippen LogP) is 5.88. The first kappa shape index (κ1) is 26.4. The molecule has 0 amide bonds. The summed E-state index contributed by atoms with van der Waals surface area (Å²) in [6.45, 7) is 2.15. The topological polar surface area (TPSA) is 73.7 Å². The molecular weight excluding hydrogens is 517 g/mol. The fourth-order valence-electron chi connectivity index (χ4n) is 4.46. The largest absolute Gasteiger partial charge is 0.497 e. The van der Waals surface area contributed by atoms with Crippen molar-refractivity contribution in [2.45, 2.75) is 24.9 Å². The van der Waals surface area contributed by atoms with Gasteiger partial charge in [0, 0.05) is 18.5 Å². The van der Waals surface area contributed by atoms with Crippen molar-refractivity contribution in [1.82, 2.24) is 14.1 Å². The van der Waals surface area contributed by atoms with Gasteiger partial charge in [-0.1, -0.05) is 24.3 Å². The molecule has 0 atom stereocenters. The molecule has 5 aromatic rings. The summed E-state index contributed by atoms with van der Waals surface area (Å²) in [5.74, 6) is 1.02. The molecule has 0 fully saturated rings. The number of aromatic nitrogens is 2. The van der Waals surface area contributed by atoms with Gasteiger partial charge in [0.1, 0.15) is 17.3 Å². The monoisotopic (exact) mass is 545 g/mol. The second kappa shape index (κ2) is 10.9. The van der Waals surface area contributed by atoms with Crippen LogP contribution in [0.15, 0.2) is 96.0 Å². The highest BCUT2D eigenvalue weighted by Crippen LogP contribution is 2.31. The number of hydrogen-bond donors (Lipinski definition) is 0. The van der Waals surface area contributed by atoms with Crippen molar-refractivity contribution < 1.29 is 22.3 Å². The van der Waals surface area contributed by atoms with E-state index in [0.29, 0.717) is 28.1 Å². The molecule has 0 bridgehead atoms. The number of aryl methyl sites for hydroxylation is 1. The lowest BCUT2D eigenvalue weighted by Crippen LogP contribution is -2.30. The fourth-order valence-corrected chi connectivity index (χ4v) is 6.15. The second-order valence-electron chi connectivity index (χ2n) is 9.20. The van der Waals surface area contributed by atoms with Gasteiger partial charge >= 0.3 is 0 Å². The smallest absolute Gasteiger partial charge is 0.244 e. The normalized spacial score (nSPS) is 11.7. The molecule has 0 unspecified atom stereocenters. The summed E-state index contributed by atoms with van der Waals surface area (Å²) in [5.41, 5.74) is 3.65. The minimum Gasteiger partial charge on any atom is -0.497 e. The third-order valence-electron chi connectivity index (χ3n) is 6.52. The third-order valence-corrected chi connectivity index (χ3v) is 8.35. The number of hydrogen-bond acceptors (Lipinski definition) is 5. The first-order chi connectivity index (χ1) is 18.8. The van der Waals surface area contributed by atoms with Gasteiger partial charge in [0.2, 0.25) is 10.0 Å². The Hall–Kier alpha value is -4.21. The number of benzene rings is 4. The maximum absolute atomic E-state index is 14.3. The molecule has 0 spiro atoms. The number of rotatable bonds is 9. The van der Waals surface area contributed by atoms with E-state index in [1.807, 2.05) is 61.5 Å². The zero-order valence-electron chi connectivity index (χ0n) is 21.8. The SMILES string of the molecule is COc1ccc(CN(Cc2ccc(OC)cc2)S(=O)(=O)c2cc(C)cc3c2cnn3-c2ccc(F)cc2)cc1. The Kier molecular flexibility index (Phi) is 7.36. The molecule has 0 N–H and O–H groups in total. The molecule has 1 aromatic heterocycles. The highest BCUT2D eigenvalue weighted by molar-refractivity contribution is 7.89. The molecule has 9 heteroatoms. The van der Waals surface area contributed by atoms with Crippen LogP contribution < -0.4 is 9.47 Å². The molecule has 0 saturated heterocycles. The molecule has 200 valence electrons. The summed E-state index contributed by atoms with van der Waals surface area (Å²) in [6, 6.07) is 24.1. The molecular formula is C30H28FN3O4S. The van der Waals surface area contributed by atoms with Gasteiger partial charge in [-0.25, -0.2) is 17.5 Å². The number of halogens is 1. The van der Waals surface area contributed by atoms with Crippen LogP contribution >= 0.6 is 0 Å². The van der Waals surface area contributed by atoms with E-state index >= 15 is 0 Å². The zero-order valence-corrected chi connectivity index (χ0v) is 22.7. The van der Waals surface area contributed by atoms with Gasteiger partial charge in [-0.2, -0.15) is 9.40 Å². The summed E-state index contributed by atoms with van der Waals surface area (Å²) in [6.07, 6.45) is 1.55. The van der Waals surface area contributed by atoms with Gasteiger partial charge in [0.25, 0.3) is 0 Å². The Balaban J connectivity index is 1.59. The average Bonchev–Trinajstić information content (AvgIpc) is 3.37. The van der Waals surface area contributed by atoms with Crippen LogP contribution in [0, 0.1) is 12.7 Å². The Morgan fingerprint density at radius 2 is 1.36 bits per heavy atom. The van der Waals surface area contributed by atoms with Crippen LogP contribution in [0.4, 0.5) is 4.39 Å². The van der Waals surface area contributed by atoms with E-state index in [4.69, 9.17) is 9.47 Å². The number of fused-ring (bicyclic) bond motifs is 1. The number of sulfonamides is 1. The van der Waals surface area contributed by atoms with Crippen molar-refractivity contribution >= 4 is 20.9 Å². The lowest BCUT2D eigenvalue weighted by Gasteiger charge is -2.23. The van der Waals surface area contributed by atoms with E-state index in [9.17, 15) is 12.8 Å². The Morgan fingerprint density at radius 1 is 0.821 bits per heavy atom. The first-order valence-electron chi connectivity index (χ1n) is 12.3. The van der Waals surface area contributed by atoms with Crippen LogP contribution in [0.2, 0.25) is 0 Å². The van der Waals surface area contributed by atoms with E-state index in [0.717, 1.165) is 16.7 Å². The molecule has 1 heterocycles. The molecule has 0 aliphatic rings. The van der Waals surface area contributed by atoms with Crippen LogP contribution in [0.1, 0.15) is 16.7 Å². The average molecular weight is 546 g/mol. The quantitative estimate of drug-likeness (QED) is 0.231. The molecule has 7 nitrogen and oxygen atoms in total. The van der Waals surface area contributed by atoms with Crippen LogP contribution in [0.5, 0.6) is 11.5 Å². The second-order valence-corrected chi connectivity index (χ2v) is 11.1. The number of ether oxygens (including phenoxy) is 2. The van der Waals surface area contributed by atoms with Gasteiger partial charge in [-0.15, -0.1) is 0 Å². The van der Waals surface area contributed by atoms with Crippen molar-refractivity contribution in [2.24, 2.45) is 0 Å². The molecule has 0 aliphatic carbocycles. The zero-order chi connectivity index (χ0) is 27.6. The van der Waals surface area contributed by atoms with E-state index in [1.165, 1.54) is 16.4 Å². The Labute approximate surface area is 227 Å². The Morgan fingerprint density at radius 3 is 1.87 bits per heavy atom. The highest BCUT2D eigenvalue weighted by atomic mass is 32.2. The standard InChI is InChI=1S/C30H28FN3O4S/c1-21-16-29-28(18-32-34(29)25-10-8-24(31)9-11-25)30(17-21)39(35,36)33(19-22-4-12-26(37-2)13-5-22)20-23-6-14-27(38-3)15-7-23/h4-18H,19-20H2,1-3H3. The number of methoxy groups -OCH3 is 2. The van der Waals surface area contributed by atoms with Crippen LogP contribution in [0.25, 0.3) is 16.6 Å². The van der Waals surface area contributed by atoms with Crippen LogP contribution in [0.3, 0.4) is 0 Å². The van der Waals surface area contributed by atoms with Crippen molar-refractivity contribution in [1.29, 1.82) is 0 Å². The van der Waals surface area contributed by atoms with Crippen LogP contribution in [-0.4, -0.2) is 36.7 Å². The first-order valence-corrected chi connectivity index (χ1v) is 13.7. The summed E-state index contributed by atoms with van der Waals surface area (Å²) in [5, 5.41) is 4.95. The summed E-state index contributed by atoms with van der Waals surface area (Å²) in [7, 11) is -0.820. The molecule has 4 aromatic carbocycles. The minimum atomic E-state index is -4.00. The molecule has 0 saturated carbocycles. The van der Waals surface area contributed by atoms with Gasteiger partial charge in [-0.05, 0) is 84.3 Å². The predicted molar refractivity (Wildman–Crippen MR) is 148 cm³/mol. The fraction of sp³-hybridized carbons (Fsp3) is 0.167. The van der Waals surface area contributed by atoms with Crippen molar-refractivity contribution in [3.63, 3.8) is 0 Å². The van der Waals surface area contributed by atoms with Crippen LogP contribution in [-0.2, 0) is 23.1 Å². The highest BCUT2D eigenvalue weighted by Gasteiger charge is 2.28. The summed E-state index contributed by atoms with van der Waals surface area (Å²) < 4.78 is 55.8. The maximum Gasteiger partial charge on any atom is 0.244 e. The maximum atomic E-state index is 14.3. The lowest BCUT2D eigenvalue weighted by atomic mass is 10.2. The van der Waals surface area contributed by atoms with Gasteiger partial charge in [0.05, 0.1) is 36.5 Å². The lowest BCUT2D eigenvalue weighted by molar-refractivity contribution is 0.398. The van der Waals surface area contributed by atoms with E-state index in [-0.39, 0.29) is 23.8 Å². The molecule has 0 radical (unpaired) electrons. The van der Waals surface area contributed by atoms with Gasteiger partial charge < -0.3 is 9.47 Å². The van der Waals surface area contributed by atoms with Crippen molar-refractivity contribution in [3.05, 3.63) is 114 Å². The van der Waals surface area contributed by atoms with E-state index in [2.05, 4.69) is 5.10 Å². The van der Waals surface area contributed by atoms with Crippen molar-refractivity contribution in [3.8, 4) is 17.2 Å².